The zero-order valence-corrected chi connectivity index (χ0v) is 12.9. The highest BCUT2D eigenvalue weighted by molar-refractivity contribution is 5.39. The maximum Gasteiger partial charge on any atom is -0.0106 e. The van der Waals surface area contributed by atoms with Crippen LogP contribution in [0.3, 0.4) is 0 Å². The maximum atomic E-state index is 3.48. The fourth-order valence-electron chi connectivity index (χ4n) is 4.33. The summed E-state index contributed by atoms with van der Waals surface area (Å²) in [6.07, 6.45) is 27.4. The summed E-state index contributed by atoms with van der Waals surface area (Å²) < 4.78 is 0. The van der Waals surface area contributed by atoms with E-state index in [0.29, 0.717) is 0 Å². The Morgan fingerprint density at radius 2 is 1.40 bits per heavy atom. The van der Waals surface area contributed by atoms with Gasteiger partial charge in [-0.1, -0.05) is 88.0 Å². The second-order valence-corrected chi connectivity index (χ2v) is 7.10. The Balaban J connectivity index is 1.65. The molecule has 0 heteroatoms. The van der Waals surface area contributed by atoms with E-state index in [4.69, 9.17) is 0 Å². The van der Waals surface area contributed by atoms with E-state index in [2.05, 4.69) is 24.3 Å². The van der Waals surface area contributed by atoms with Crippen LogP contribution in [0.1, 0.15) is 77.0 Å². The first-order valence-corrected chi connectivity index (χ1v) is 8.90. The van der Waals surface area contributed by atoms with Crippen molar-refractivity contribution in [1.82, 2.24) is 0 Å². The molecule has 3 rings (SSSR count). The van der Waals surface area contributed by atoms with E-state index in [1.165, 1.54) is 82.6 Å². The zero-order chi connectivity index (χ0) is 13.6. The third-order valence-corrected chi connectivity index (χ3v) is 5.50. The molecule has 3 aliphatic carbocycles. The minimum Gasteiger partial charge on any atom is -0.0618 e. The van der Waals surface area contributed by atoms with Gasteiger partial charge in [-0.2, -0.15) is 0 Å². The fourth-order valence-corrected chi connectivity index (χ4v) is 4.33. The number of rotatable bonds is 4. The van der Waals surface area contributed by atoms with Gasteiger partial charge in [-0.3, -0.25) is 0 Å². The minimum atomic E-state index is 0.964. The van der Waals surface area contributed by atoms with Gasteiger partial charge in [0.2, 0.25) is 0 Å². The number of hydrogen-bond acceptors (Lipinski definition) is 0. The van der Waals surface area contributed by atoms with Crippen molar-refractivity contribution in [3.8, 4) is 0 Å². The van der Waals surface area contributed by atoms with Gasteiger partial charge in [0.15, 0.2) is 0 Å². The summed E-state index contributed by atoms with van der Waals surface area (Å²) in [6.45, 7) is 0. The SMILES string of the molecule is [C]1=CC=CC1=C(CC1CCCCC1)CC1CCCCC1. The zero-order valence-electron chi connectivity index (χ0n) is 12.9. The maximum absolute atomic E-state index is 3.48. The van der Waals surface area contributed by atoms with Gasteiger partial charge in [-0.05, 0) is 36.3 Å². The second kappa shape index (κ2) is 7.29. The molecule has 3 aliphatic rings. The molecule has 0 spiro atoms. The van der Waals surface area contributed by atoms with Gasteiger partial charge in [0.25, 0.3) is 0 Å². The largest absolute Gasteiger partial charge is 0.0618 e. The van der Waals surface area contributed by atoms with Crippen molar-refractivity contribution in [3.63, 3.8) is 0 Å². The Kier molecular flexibility index (Phi) is 5.17. The van der Waals surface area contributed by atoms with Crippen molar-refractivity contribution in [3.05, 3.63) is 35.5 Å². The van der Waals surface area contributed by atoms with Crippen LogP contribution in [-0.4, -0.2) is 0 Å². The normalized spacial score (nSPS) is 24.5. The van der Waals surface area contributed by atoms with E-state index in [1.54, 1.807) is 5.57 Å². The van der Waals surface area contributed by atoms with Gasteiger partial charge in [0, 0.05) is 0 Å². The molecule has 0 aromatic rings. The van der Waals surface area contributed by atoms with Crippen LogP contribution in [0.5, 0.6) is 0 Å². The third kappa shape index (κ3) is 3.87. The minimum absolute atomic E-state index is 0.964. The Bertz CT molecular complexity index is 348. The van der Waals surface area contributed by atoms with Crippen LogP contribution in [-0.2, 0) is 0 Å². The molecule has 0 nitrogen and oxygen atoms in total. The molecule has 2 fully saturated rings. The predicted molar refractivity (Wildman–Crippen MR) is 86.4 cm³/mol. The molecule has 20 heavy (non-hydrogen) atoms. The molecule has 0 bridgehead atoms. The molecule has 0 saturated heterocycles. The second-order valence-electron chi connectivity index (χ2n) is 7.10. The molecule has 0 N–H and O–H groups in total. The van der Waals surface area contributed by atoms with Crippen LogP contribution >= 0.6 is 0 Å². The van der Waals surface area contributed by atoms with E-state index < -0.39 is 0 Å². The van der Waals surface area contributed by atoms with E-state index in [1.807, 2.05) is 0 Å². The molecule has 0 unspecified atom stereocenters. The lowest BCUT2D eigenvalue weighted by Gasteiger charge is -2.27. The molecular weight excluding hydrogens is 240 g/mol. The third-order valence-electron chi connectivity index (χ3n) is 5.50. The number of hydrogen-bond donors (Lipinski definition) is 0. The van der Waals surface area contributed by atoms with Crippen LogP contribution in [0.15, 0.2) is 29.4 Å². The van der Waals surface area contributed by atoms with Crippen molar-refractivity contribution >= 4 is 0 Å². The van der Waals surface area contributed by atoms with Crippen molar-refractivity contribution in [2.75, 3.05) is 0 Å². The van der Waals surface area contributed by atoms with Gasteiger partial charge < -0.3 is 0 Å². The van der Waals surface area contributed by atoms with Gasteiger partial charge >= 0.3 is 0 Å². The highest BCUT2D eigenvalue weighted by Gasteiger charge is 2.21. The lowest BCUT2D eigenvalue weighted by atomic mass is 9.78. The standard InChI is InChI=1S/C20H29/c1-3-9-17(10-4-1)15-20(19-13-7-8-14-19)16-18-11-5-2-6-12-18/h7-8,13,17-18H,1-6,9-12,15-16H2. The van der Waals surface area contributed by atoms with Crippen LogP contribution in [0, 0.1) is 17.9 Å². The smallest absolute Gasteiger partial charge is 0.0106 e. The monoisotopic (exact) mass is 269 g/mol. The fraction of sp³-hybridized carbons (Fsp3) is 0.700. The Labute approximate surface area is 125 Å². The Morgan fingerprint density at radius 1 is 0.850 bits per heavy atom. The van der Waals surface area contributed by atoms with Crippen LogP contribution in [0.25, 0.3) is 0 Å². The summed E-state index contributed by atoms with van der Waals surface area (Å²) in [5.74, 6) is 1.93. The molecule has 0 amide bonds. The van der Waals surface area contributed by atoms with Gasteiger partial charge in [-0.25, -0.2) is 0 Å². The average molecular weight is 269 g/mol. The van der Waals surface area contributed by atoms with Gasteiger partial charge in [0.1, 0.15) is 0 Å². The van der Waals surface area contributed by atoms with Crippen LogP contribution in [0.2, 0.25) is 0 Å². The summed E-state index contributed by atoms with van der Waals surface area (Å²) in [6, 6.07) is 0. The van der Waals surface area contributed by atoms with E-state index in [0.717, 1.165) is 11.8 Å². The molecule has 0 heterocycles. The average Bonchev–Trinajstić information content (AvgIpc) is 3.03. The summed E-state index contributed by atoms with van der Waals surface area (Å²) in [5, 5.41) is 0. The lowest BCUT2D eigenvalue weighted by molar-refractivity contribution is 0.326. The quantitative estimate of drug-likeness (QED) is 0.574. The van der Waals surface area contributed by atoms with E-state index in [-0.39, 0.29) is 0 Å². The topological polar surface area (TPSA) is 0 Å². The highest BCUT2D eigenvalue weighted by Crippen LogP contribution is 2.36. The van der Waals surface area contributed by atoms with E-state index >= 15 is 0 Å². The Hall–Kier alpha value is -0.780. The van der Waals surface area contributed by atoms with Crippen LogP contribution in [0.4, 0.5) is 0 Å². The summed E-state index contributed by atoms with van der Waals surface area (Å²) in [4.78, 5) is 0. The van der Waals surface area contributed by atoms with Crippen molar-refractivity contribution in [1.29, 1.82) is 0 Å². The highest BCUT2D eigenvalue weighted by atomic mass is 14.3. The van der Waals surface area contributed by atoms with Crippen molar-refractivity contribution in [2.24, 2.45) is 11.8 Å². The lowest BCUT2D eigenvalue weighted by Crippen LogP contribution is -2.12. The van der Waals surface area contributed by atoms with Crippen molar-refractivity contribution in [2.45, 2.75) is 77.0 Å². The summed E-state index contributed by atoms with van der Waals surface area (Å²) >= 11 is 0. The van der Waals surface area contributed by atoms with Crippen molar-refractivity contribution < 1.29 is 0 Å². The molecule has 0 atom stereocenters. The first-order chi connectivity index (χ1) is 9.92. The first kappa shape index (κ1) is 14.2. The molecular formula is C20H29. The first-order valence-electron chi connectivity index (χ1n) is 8.90. The molecule has 0 aromatic heterocycles. The van der Waals surface area contributed by atoms with E-state index in [9.17, 15) is 0 Å². The predicted octanol–water partition coefficient (Wildman–Crippen LogP) is 6.15. The summed E-state index contributed by atoms with van der Waals surface area (Å²) in [5.41, 5.74) is 3.16. The molecule has 0 aliphatic heterocycles. The Morgan fingerprint density at radius 3 is 1.85 bits per heavy atom. The molecule has 2 saturated carbocycles. The van der Waals surface area contributed by atoms with Gasteiger partial charge in [-0.15, -0.1) is 0 Å². The molecule has 0 aromatic carbocycles. The molecule has 109 valence electrons. The summed E-state index contributed by atoms with van der Waals surface area (Å²) in [7, 11) is 0. The van der Waals surface area contributed by atoms with Gasteiger partial charge in [0.05, 0.1) is 0 Å². The number of allylic oxidation sites excluding steroid dienone is 6. The van der Waals surface area contributed by atoms with Crippen LogP contribution < -0.4 is 0 Å². The molecule has 1 radical (unpaired) electrons.